The number of methoxy groups -OCH3 is 1. The zero-order chi connectivity index (χ0) is 25.1. The lowest BCUT2D eigenvalue weighted by Gasteiger charge is -2.23. The molecular formula is C26H27NO8. The van der Waals surface area contributed by atoms with Gasteiger partial charge in [-0.1, -0.05) is 12.1 Å². The minimum atomic E-state index is -0.782. The van der Waals surface area contributed by atoms with Gasteiger partial charge in [0.2, 0.25) is 0 Å². The highest BCUT2D eigenvalue weighted by Crippen LogP contribution is 2.38. The summed E-state index contributed by atoms with van der Waals surface area (Å²) in [5, 5.41) is 30.1. The van der Waals surface area contributed by atoms with E-state index in [9.17, 15) is 24.9 Å². The summed E-state index contributed by atoms with van der Waals surface area (Å²) in [4.78, 5) is 25.9. The molecule has 1 atom stereocenters. The van der Waals surface area contributed by atoms with E-state index in [-0.39, 0.29) is 35.8 Å². The molecule has 3 N–H and O–H groups in total. The summed E-state index contributed by atoms with van der Waals surface area (Å²) in [5.41, 5.74) is 1.50. The van der Waals surface area contributed by atoms with Gasteiger partial charge in [0.1, 0.15) is 19.0 Å². The predicted octanol–water partition coefficient (Wildman–Crippen LogP) is 2.98. The Balaban J connectivity index is 1.74. The topological polar surface area (TPSA) is 127 Å². The molecule has 184 valence electrons. The van der Waals surface area contributed by atoms with Crippen molar-refractivity contribution >= 4 is 5.97 Å². The first-order valence-electron chi connectivity index (χ1n) is 11.2. The highest BCUT2D eigenvalue weighted by Gasteiger charge is 2.28. The lowest BCUT2D eigenvalue weighted by Crippen LogP contribution is -2.29. The highest BCUT2D eigenvalue weighted by atomic mass is 16.6. The van der Waals surface area contributed by atoms with E-state index in [0.29, 0.717) is 42.4 Å². The lowest BCUT2D eigenvalue weighted by atomic mass is 9.88. The molecule has 0 radical (unpaired) electrons. The van der Waals surface area contributed by atoms with Crippen molar-refractivity contribution in [2.45, 2.75) is 32.2 Å². The summed E-state index contributed by atoms with van der Waals surface area (Å²) >= 11 is 0. The molecule has 35 heavy (non-hydrogen) atoms. The summed E-state index contributed by atoms with van der Waals surface area (Å²) in [6.45, 7) is 2.78. The van der Waals surface area contributed by atoms with Crippen LogP contribution >= 0.6 is 0 Å². The third kappa shape index (κ3) is 5.03. The van der Waals surface area contributed by atoms with Crippen molar-refractivity contribution in [3.8, 4) is 28.7 Å². The molecular weight excluding hydrogens is 454 g/mol. The number of ether oxygens (including phenoxy) is 3. The fourth-order valence-corrected chi connectivity index (χ4v) is 4.25. The van der Waals surface area contributed by atoms with E-state index in [2.05, 4.69) is 0 Å². The van der Waals surface area contributed by atoms with Crippen LogP contribution in [-0.4, -0.2) is 46.2 Å². The first-order chi connectivity index (χ1) is 16.8. The van der Waals surface area contributed by atoms with Crippen LogP contribution in [0.2, 0.25) is 0 Å². The van der Waals surface area contributed by atoms with Crippen LogP contribution in [0.15, 0.2) is 47.3 Å². The summed E-state index contributed by atoms with van der Waals surface area (Å²) in [5.74, 6) is -0.920. The van der Waals surface area contributed by atoms with Gasteiger partial charge in [0, 0.05) is 18.2 Å². The largest absolute Gasteiger partial charge is 0.507 e. The molecule has 0 amide bonds. The van der Waals surface area contributed by atoms with Crippen LogP contribution in [-0.2, 0) is 22.5 Å². The first kappa shape index (κ1) is 24.0. The van der Waals surface area contributed by atoms with E-state index in [1.807, 2.05) is 0 Å². The van der Waals surface area contributed by atoms with E-state index in [1.54, 1.807) is 31.2 Å². The normalized spacial score (nSPS) is 13.3. The fourth-order valence-electron chi connectivity index (χ4n) is 4.25. The maximum absolute atomic E-state index is 13.6. The van der Waals surface area contributed by atoms with Crippen molar-refractivity contribution in [2.75, 3.05) is 20.3 Å². The van der Waals surface area contributed by atoms with Gasteiger partial charge in [0.25, 0.3) is 5.56 Å². The lowest BCUT2D eigenvalue weighted by molar-refractivity contribution is -0.140. The van der Waals surface area contributed by atoms with E-state index in [1.165, 1.54) is 29.9 Å². The van der Waals surface area contributed by atoms with Crippen LogP contribution in [0.4, 0.5) is 0 Å². The number of esters is 1. The average Bonchev–Trinajstić information content (AvgIpc) is 2.84. The summed E-state index contributed by atoms with van der Waals surface area (Å²) < 4.78 is 17.6. The van der Waals surface area contributed by atoms with Crippen LogP contribution in [0.1, 0.15) is 34.7 Å². The first-order valence-corrected chi connectivity index (χ1v) is 11.2. The number of aromatic hydroxyl groups is 3. The van der Waals surface area contributed by atoms with Gasteiger partial charge in [0.15, 0.2) is 23.0 Å². The molecule has 0 unspecified atom stereocenters. The van der Waals surface area contributed by atoms with E-state index >= 15 is 0 Å². The number of phenols is 2. The Labute approximate surface area is 201 Å². The molecule has 0 aliphatic carbocycles. The van der Waals surface area contributed by atoms with Crippen molar-refractivity contribution in [1.29, 1.82) is 0 Å². The number of carbonyl (C=O) groups excluding carboxylic acids is 1. The van der Waals surface area contributed by atoms with Crippen LogP contribution < -0.4 is 15.0 Å². The van der Waals surface area contributed by atoms with Crippen LogP contribution in [0.25, 0.3) is 0 Å². The van der Waals surface area contributed by atoms with Gasteiger partial charge in [-0.2, -0.15) is 0 Å². The third-order valence-electron chi connectivity index (χ3n) is 6.10. The number of pyridine rings is 1. The molecule has 0 saturated heterocycles. The van der Waals surface area contributed by atoms with Crippen molar-refractivity contribution in [2.24, 2.45) is 0 Å². The van der Waals surface area contributed by atoms with Crippen molar-refractivity contribution < 1.29 is 34.3 Å². The molecule has 0 spiro atoms. The smallest absolute Gasteiger partial charge is 0.306 e. The number of nitrogens with zero attached hydrogens (tertiary/aromatic N) is 1. The molecule has 9 heteroatoms. The number of fused-ring (bicyclic) bond motifs is 1. The van der Waals surface area contributed by atoms with Gasteiger partial charge in [-0.05, 0) is 54.8 Å². The molecule has 4 rings (SSSR count). The summed E-state index contributed by atoms with van der Waals surface area (Å²) in [6, 6.07) is 11.1. The van der Waals surface area contributed by atoms with Gasteiger partial charge >= 0.3 is 5.97 Å². The minimum absolute atomic E-state index is 0.0752. The summed E-state index contributed by atoms with van der Waals surface area (Å²) in [7, 11) is 1.27. The fraction of sp³-hybridized carbons (Fsp3) is 0.308. The highest BCUT2D eigenvalue weighted by molar-refractivity contribution is 5.71. The number of aromatic nitrogens is 1. The molecule has 1 aliphatic heterocycles. The maximum Gasteiger partial charge on any atom is 0.306 e. The predicted molar refractivity (Wildman–Crippen MR) is 126 cm³/mol. The second-order valence-corrected chi connectivity index (χ2v) is 8.35. The van der Waals surface area contributed by atoms with Crippen molar-refractivity contribution in [3.63, 3.8) is 0 Å². The van der Waals surface area contributed by atoms with Crippen LogP contribution in [0.3, 0.4) is 0 Å². The zero-order valence-corrected chi connectivity index (χ0v) is 19.5. The molecule has 2 heterocycles. The van der Waals surface area contributed by atoms with Gasteiger partial charge in [-0.25, -0.2) is 0 Å². The number of phenolic OH excluding ortho intramolecular Hbond substituents is 2. The standard InChI is InChI=1S/C26H27NO8/c1-15-11-21(30)25(26(32)27(15)8-7-16-3-5-19(28)20(29)12-16)18(14-24(31)33-2)17-4-6-22-23(13-17)35-10-9-34-22/h3-6,11-13,18,28-30H,7-10,14H2,1-2H3/t18-/m0/s1. The molecule has 0 saturated carbocycles. The Morgan fingerprint density at radius 1 is 1.00 bits per heavy atom. The number of carbonyl (C=O) groups is 1. The number of hydrogen-bond acceptors (Lipinski definition) is 8. The average molecular weight is 482 g/mol. The monoisotopic (exact) mass is 481 g/mol. The Bertz CT molecular complexity index is 1310. The molecule has 9 nitrogen and oxygen atoms in total. The molecule has 0 bridgehead atoms. The van der Waals surface area contributed by atoms with Gasteiger partial charge in [0.05, 0.1) is 19.1 Å². The SMILES string of the molecule is COC(=O)C[C@@H](c1ccc2c(c1)OCCO2)c1c(O)cc(C)n(CCc2ccc(O)c(O)c2)c1=O. The molecule has 1 aliphatic rings. The Kier molecular flexibility index (Phi) is 6.86. The third-order valence-corrected chi connectivity index (χ3v) is 6.10. The van der Waals surface area contributed by atoms with Gasteiger partial charge in [-0.3, -0.25) is 9.59 Å². The van der Waals surface area contributed by atoms with Crippen molar-refractivity contribution in [3.05, 3.63) is 75.2 Å². The molecule has 3 aromatic rings. The van der Waals surface area contributed by atoms with Crippen LogP contribution in [0.5, 0.6) is 28.7 Å². The van der Waals surface area contributed by atoms with E-state index < -0.39 is 17.4 Å². The molecule has 2 aromatic carbocycles. The van der Waals surface area contributed by atoms with Gasteiger partial charge in [-0.15, -0.1) is 0 Å². The van der Waals surface area contributed by atoms with Crippen molar-refractivity contribution in [1.82, 2.24) is 4.57 Å². The van der Waals surface area contributed by atoms with Crippen LogP contribution in [0, 0.1) is 6.92 Å². The quantitative estimate of drug-likeness (QED) is 0.347. The van der Waals surface area contributed by atoms with E-state index in [0.717, 1.165) is 5.56 Å². The molecule has 1 aromatic heterocycles. The number of aryl methyl sites for hydroxylation is 2. The minimum Gasteiger partial charge on any atom is -0.507 e. The second kappa shape index (κ2) is 10.0. The summed E-state index contributed by atoms with van der Waals surface area (Å²) in [6.07, 6.45) is 0.234. The Morgan fingerprint density at radius 3 is 2.46 bits per heavy atom. The zero-order valence-electron chi connectivity index (χ0n) is 19.5. The Hall–Kier alpha value is -4.14. The Morgan fingerprint density at radius 2 is 1.74 bits per heavy atom. The maximum atomic E-state index is 13.6. The van der Waals surface area contributed by atoms with E-state index in [4.69, 9.17) is 14.2 Å². The number of benzene rings is 2. The second-order valence-electron chi connectivity index (χ2n) is 8.35. The van der Waals surface area contributed by atoms with Gasteiger partial charge < -0.3 is 34.1 Å². The number of hydrogen-bond donors (Lipinski definition) is 3. The molecule has 0 fully saturated rings. The number of rotatable bonds is 7.